The SMILES string of the molecule is N#Cc1cccc(NC(=O)N2CCN(c3ccccc3F)CC2)c1. The highest BCUT2D eigenvalue weighted by Gasteiger charge is 2.22. The molecule has 0 unspecified atom stereocenters. The van der Waals surface area contributed by atoms with Gasteiger partial charge in [-0.1, -0.05) is 18.2 Å². The van der Waals surface area contributed by atoms with Gasteiger partial charge in [0.05, 0.1) is 17.3 Å². The van der Waals surface area contributed by atoms with E-state index in [1.807, 2.05) is 11.0 Å². The summed E-state index contributed by atoms with van der Waals surface area (Å²) in [7, 11) is 0. The smallest absolute Gasteiger partial charge is 0.321 e. The van der Waals surface area contributed by atoms with Crippen LogP contribution in [0.5, 0.6) is 0 Å². The van der Waals surface area contributed by atoms with E-state index in [1.165, 1.54) is 6.07 Å². The predicted octanol–water partition coefficient (Wildman–Crippen LogP) is 3.05. The van der Waals surface area contributed by atoms with Crippen molar-refractivity contribution >= 4 is 17.4 Å². The van der Waals surface area contributed by atoms with Gasteiger partial charge in [0.2, 0.25) is 0 Å². The van der Waals surface area contributed by atoms with Crippen LogP contribution in [0.1, 0.15) is 5.56 Å². The molecule has 1 saturated heterocycles. The zero-order chi connectivity index (χ0) is 16.9. The Bertz CT molecular complexity index is 779. The van der Waals surface area contributed by atoms with E-state index in [4.69, 9.17) is 5.26 Å². The molecule has 24 heavy (non-hydrogen) atoms. The van der Waals surface area contributed by atoms with Crippen molar-refractivity contribution in [2.75, 3.05) is 36.4 Å². The summed E-state index contributed by atoms with van der Waals surface area (Å²) in [5.74, 6) is -0.247. The van der Waals surface area contributed by atoms with Crippen LogP contribution in [0.15, 0.2) is 48.5 Å². The molecule has 0 spiro atoms. The molecule has 3 rings (SSSR count). The second kappa shape index (κ2) is 7.01. The van der Waals surface area contributed by atoms with Gasteiger partial charge in [-0.05, 0) is 30.3 Å². The van der Waals surface area contributed by atoms with E-state index in [2.05, 4.69) is 5.32 Å². The zero-order valence-electron chi connectivity index (χ0n) is 13.1. The van der Waals surface area contributed by atoms with Gasteiger partial charge in [0.15, 0.2) is 0 Å². The maximum absolute atomic E-state index is 13.8. The fourth-order valence-electron chi connectivity index (χ4n) is 2.73. The first kappa shape index (κ1) is 15.8. The second-order valence-corrected chi connectivity index (χ2v) is 5.55. The first-order chi connectivity index (χ1) is 11.7. The van der Waals surface area contributed by atoms with E-state index in [-0.39, 0.29) is 11.8 Å². The van der Waals surface area contributed by atoms with Gasteiger partial charge in [0.1, 0.15) is 5.82 Å². The molecular weight excluding hydrogens is 307 g/mol. The van der Waals surface area contributed by atoms with Crippen LogP contribution in [0.4, 0.5) is 20.6 Å². The standard InChI is InChI=1S/C18H17FN4O/c19-16-6-1-2-7-17(16)22-8-10-23(11-9-22)18(24)21-15-5-3-4-14(12-15)13-20/h1-7,12H,8-11H2,(H,21,24). The minimum atomic E-state index is -0.247. The van der Waals surface area contributed by atoms with Crippen LogP contribution >= 0.6 is 0 Å². The molecule has 0 aliphatic carbocycles. The summed E-state index contributed by atoms with van der Waals surface area (Å²) >= 11 is 0. The number of benzene rings is 2. The lowest BCUT2D eigenvalue weighted by atomic mass is 10.2. The highest BCUT2D eigenvalue weighted by Crippen LogP contribution is 2.20. The molecule has 5 nitrogen and oxygen atoms in total. The molecule has 0 radical (unpaired) electrons. The van der Waals surface area contributed by atoms with Gasteiger partial charge in [-0.3, -0.25) is 0 Å². The molecule has 1 aliphatic heterocycles. The van der Waals surface area contributed by atoms with E-state index >= 15 is 0 Å². The largest absolute Gasteiger partial charge is 0.366 e. The van der Waals surface area contributed by atoms with Crippen LogP contribution < -0.4 is 10.2 Å². The van der Waals surface area contributed by atoms with Crippen molar-refractivity contribution in [3.8, 4) is 6.07 Å². The highest BCUT2D eigenvalue weighted by molar-refractivity contribution is 5.89. The lowest BCUT2D eigenvalue weighted by molar-refractivity contribution is 0.208. The summed E-state index contributed by atoms with van der Waals surface area (Å²) < 4.78 is 13.8. The maximum Gasteiger partial charge on any atom is 0.321 e. The molecule has 0 bridgehead atoms. The summed E-state index contributed by atoms with van der Waals surface area (Å²) in [6.45, 7) is 2.18. The van der Waals surface area contributed by atoms with Crippen molar-refractivity contribution in [3.05, 3.63) is 59.9 Å². The number of amides is 2. The molecular formula is C18H17FN4O. The number of urea groups is 1. The molecule has 2 amide bonds. The third-order valence-electron chi connectivity index (χ3n) is 4.00. The number of carbonyl (C=O) groups excluding carboxylic acids is 1. The molecule has 0 aromatic heterocycles. The second-order valence-electron chi connectivity index (χ2n) is 5.55. The van der Waals surface area contributed by atoms with Crippen molar-refractivity contribution < 1.29 is 9.18 Å². The molecule has 1 N–H and O–H groups in total. The fourth-order valence-corrected chi connectivity index (χ4v) is 2.73. The average Bonchev–Trinajstić information content (AvgIpc) is 2.62. The molecule has 2 aromatic rings. The topological polar surface area (TPSA) is 59.4 Å². The molecule has 1 aliphatic rings. The zero-order valence-corrected chi connectivity index (χ0v) is 13.1. The summed E-state index contributed by atoms with van der Waals surface area (Å²) in [5, 5.41) is 11.7. The Morgan fingerprint density at radius 1 is 1.08 bits per heavy atom. The quantitative estimate of drug-likeness (QED) is 0.923. The van der Waals surface area contributed by atoms with Crippen LogP contribution in [0, 0.1) is 17.1 Å². The third-order valence-corrected chi connectivity index (χ3v) is 4.00. The van der Waals surface area contributed by atoms with E-state index in [1.54, 1.807) is 47.4 Å². The summed E-state index contributed by atoms with van der Waals surface area (Å²) in [6.07, 6.45) is 0. The normalized spacial score (nSPS) is 14.2. The first-order valence-corrected chi connectivity index (χ1v) is 7.73. The lowest BCUT2D eigenvalue weighted by Crippen LogP contribution is -2.50. The van der Waals surface area contributed by atoms with Crippen molar-refractivity contribution in [2.45, 2.75) is 0 Å². The number of halogens is 1. The Hall–Kier alpha value is -3.07. The Kier molecular flexibility index (Phi) is 4.62. The average molecular weight is 324 g/mol. The summed E-state index contributed by atoms with van der Waals surface area (Å²) in [5.41, 5.74) is 1.66. The number of para-hydroxylation sites is 1. The van der Waals surface area contributed by atoms with Gasteiger partial charge in [0, 0.05) is 31.9 Å². The van der Waals surface area contributed by atoms with E-state index in [0.29, 0.717) is 43.1 Å². The van der Waals surface area contributed by atoms with Gasteiger partial charge in [-0.2, -0.15) is 5.26 Å². The van der Waals surface area contributed by atoms with Crippen molar-refractivity contribution in [2.24, 2.45) is 0 Å². The molecule has 122 valence electrons. The molecule has 0 saturated carbocycles. The fraction of sp³-hybridized carbons (Fsp3) is 0.222. The van der Waals surface area contributed by atoms with Crippen molar-refractivity contribution in [1.82, 2.24) is 4.90 Å². The number of nitrogens with one attached hydrogen (secondary N) is 1. The van der Waals surface area contributed by atoms with E-state index in [9.17, 15) is 9.18 Å². The molecule has 1 heterocycles. The number of rotatable bonds is 2. The highest BCUT2D eigenvalue weighted by atomic mass is 19.1. The van der Waals surface area contributed by atoms with Gasteiger partial charge < -0.3 is 15.1 Å². The number of anilines is 2. The Morgan fingerprint density at radius 2 is 1.83 bits per heavy atom. The van der Waals surface area contributed by atoms with E-state index < -0.39 is 0 Å². The minimum absolute atomic E-state index is 0.210. The van der Waals surface area contributed by atoms with Crippen LogP contribution in [0.2, 0.25) is 0 Å². The van der Waals surface area contributed by atoms with Gasteiger partial charge >= 0.3 is 6.03 Å². The van der Waals surface area contributed by atoms with Crippen LogP contribution in [0.25, 0.3) is 0 Å². The monoisotopic (exact) mass is 324 g/mol. The Balaban J connectivity index is 1.59. The van der Waals surface area contributed by atoms with Crippen molar-refractivity contribution in [3.63, 3.8) is 0 Å². The van der Waals surface area contributed by atoms with Crippen LogP contribution in [0.3, 0.4) is 0 Å². The third kappa shape index (κ3) is 3.46. The summed E-state index contributed by atoms with van der Waals surface area (Å²) in [4.78, 5) is 15.9. The van der Waals surface area contributed by atoms with E-state index in [0.717, 1.165) is 0 Å². The van der Waals surface area contributed by atoms with Crippen molar-refractivity contribution in [1.29, 1.82) is 5.26 Å². The number of carbonyl (C=O) groups is 1. The molecule has 0 atom stereocenters. The number of nitriles is 1. The first-order valence-electron chi connectivity index (χ1n) is 7.73. The lowest BCUT2D eigenvalue weighted by Gasteiger charge is -2.36. The van der Waals surface area contributed by atoms with Gasteiger partial charge in [0.25, 0.3) is 0 Å². The number of hydrogen-bond donors (Lipinski definition) is 1. The Morgan fingerprint density at radius 3 is 2.54 bits per heavy atom. The minimum Gasteiger partial charge on any atom is -0.366 e. The molecule has 6 heteroatoms. The molecule has 1 fully saturated rings. The van der Waals surface area contributed by atoms with Gasteiger partial charge in [-0.25, -0.2) is 9.18 Å². The predicted molar refractivity (Wildman–Crippen MR) is 90.4 cm³/mol. The summed E-state index contributed by atoms with van der Waals surface area (Å²) in [6, 6.07) is 15.3. The molecule has 2 aromatic carbocycles. The van der Waals surface area contributed by atoms with Gasteiger partial charge in [-0.15, -0.1) is 0 Å². The number of hydrogen-bond acceptors (Lipinski definition) is 3. The van der Waals surface area contributed by atoms with Crippen LogP contribution in [-0.2, 0) is 0 Å². The Labute approximate surface area is 139 Å². The number of piperazine rings is 1. The maximum atomic E-state index is 13.8. The number of nitrogens with zero attached hydrogens (tertiary/aromatic N) is 3. The van der Waals surface area contributed by atoms with Crippen LogP contribution in [-0.4, -0.2) is 37.1 Å².